The van der Waals surface area contributed by atoms with Crippen molar-refractivity contribution in [2.75, 3.05) is 13.1 Å². The lowest BCUT2D eigenvalue weighted by Crippen LogP contribution is -2.36. The molecule has 4 nitrogen and oxygen atoms in total. The minimum absolute atomic E-state index is 0.381. The van der Waals surface area contributed by atoms with Gasteiger partial charge in [0.15, 0.2) is 0 Å². The van der Waals surface area contributed by atoms with Gasteiger partial charge in [-0.25, -0.2) is 0 Å². The predicted molar refractivity (Wildman–Crippen MR) is 76.2 cm³/mol. The maximum absolute atomic E-state index is 11.0. The van der Waals surface area contributed by atoms with E-state index in [4.69, 9.17) is 5.11 Å². The van der Waals surface area contributed by atoms with E-state index in [0.29, 0.717) is 13.0 Å². The fourth-order valence-electron chi connectivity index (χ4n) is 2.83. The van der Waals surface area contributed by atoms with Crippen molar-refractivity contribution in [1.29, 1.82) is 0 Å². The Labute approximate surface area is 116 Å². The van der Waals surface area contributed by atoms with Crippen LogP contribution in [0.3, 0.4) is 0 Å². The number of hydrogen-bond acceptors (Lipinski definition) is 3. The molecule has 4 heteroatoms. The van der Waals surface area contributed by atoms with Gasteiger partial charge in [-0.05, 0) is 13.0 Å². The Morgan fingerprint density at radius 1 is 1.11 bits per heavy atom. The van der Waals surface area contributed by atoms with Crippen LogP contribution >= 0.6 is 0 Å². The summed E-state index contributed by atoms with van der Waals surface area (Å²) < 4.78 is 0. The van der Waals surface area contributed by atoms with E-state index in [2.05, 4.69) is 6.92 Å². The first-order valence-corrected chi connectivity index (χ1v) is 7.80. The highest BCUT2D eigenvalue weighted by atomic mass is 16.4. The van der Waals surface area contributed by atoms with E-state index in [9.17, 15) is 9.90 Å². The van der Waals surface area contributed by atoms with Crippen LogP contribution in [0.25, 0.3) is 0 Å². The molecule has 0 aliphatic carbocycles. The fraction of sp³-hybridized carbons (Fsp3) is 0.933. The molecule has 0 aromatic heterocycles. The summed E-state index contributed by atoms with van der Waals surface area (Å²) >= 11 is 0. The number of likely N-dealkylation sites (tertiary alicyclic amines) is 1. The molecule has 1 rings (SSSR count). The van der Waals surface area contributed by atoms with Crippen LogP contribution in [0.5, 0.6) is 0 Å². The molecule has 0 aromatic rings. The lowest BCUT2D eigenvalue weighted by atomic mass is 10.1. The molecule has 1 saturated heterocycles. The van der Waals surface area contributed by atoms with Crippen molar-refractivity contribution >= 4 is 5.97 Å². The van der Waals surface area contributed by atoms with Gasteiger partial charge in [-0.2, -0.15) is 0 Å². The SMILES string of the molecule is CCCCCCCCCCN1CC(O)C[C@H]1C(=O)O. The second-order valence-corrected chi connectivity index (χ2v) is 5.71. The van der Waals surface area contributed by atoms with Gasteiger partial charge in [0.25, 0.3) is 0 Å². The van der Waals surface area contributed by atoms with Gasteiger partial charge < -0.3 is 10.2 Å². The Bertz CT molecular complexity index is 258. The van der Waals surface area contributed by atoms with Crippen LogP contribution in [0.1, 0.15) is 64.7 Å². The number of hydrogen-bond donors (Lipinski definition) is 2. The van der Waals surface area contributed by atoms with Gasteiger partial charge in [0, 0.05) is 13.0 Å². The zero-order valence-corrected chi connectivity index (χ0v) is 12.2. The number of aliphatic hydroxyl groups excluding tert-OH is 1. The molecule has 19 heavy (non-hydrogen) atoms. The van der Waals surface area contributed by atoms with Gasteiger partial charge in [0.2, 0.25) is 0 Å². The van der Waals surface area contributed by atoms with E-state index < -0.39 is 18.1 Å². The number of nitrogens with zero attached hydrogens (tertiary/aromatic N) is 1. The first kappa shape index (κ1) is 16.4. The first-order chi connectivity index (χ1) is 9.15. The van der Waals surface area contributed by atoms with Gasteiger partial charge in [-0.3, -0.25) is 9.69 Å². The minimum atomic E-state index is -0.795. The summed E-state index contributed by atoms with van der Waals surface area (Å²) in [5.74, 6) is -0.795. The highest BCUT2D eigenvalue weighted by Crippen LogP contribution is 2.19. The maximum atomic E-state index is 11.0. The van der Waals surface area contributed by atoms with E-state index in [-0.39, 0.29) is 0 Å². The van der Waals surface area contributed by atoms with Gasteiger partial charge in [-0.15, -0.1) is 0 Å². The zero-order valence-electron chi connectivity index (χ0n) is 12.2. The van der Waals surface area contributed by atoms with E-state index in [0.717, 1.165) is 13.0 Å². The monoisotopic (exact) mass is 271 g/mol. The Hall–Kier alpha value is -0.610. The van der Waals surface area contributed by atoms with Crippen LogP contribution in [0.4, 0.5) is 0 Å². The van der Waals surface area contributed by atoms with Crippen LogP contribution in [-0.4, -0.2) is 46.3 Å². The number of β-amino-alcohol motifs (C(OH)–C–C–N with tert-alkyl or cyclic N) is 1. The summed E-state index contributed by atoms with van der Waals surface area (Å²) in [5.41, 5.74) is 0. The van der Waals surface area contributed by atoms with Crippen molar-refractivity contribution in [3.8, 4) is 0 Å². The highest BCUT2D eigenvalue weighted by molar-refractivity contribution is 5.74. The zero-order chi connectivity index (χ0) is 14.1. The van der Waals surface area contributed by atoms with Crippen LogP contribution in [0.2, 0.25) is 0 Å². The summed E-state index contributed by atoms with van der Waals surface area (Å²) in [4.78, 5) is 13.0. The van der Waals surface area contributed by atoms with Crippen LogP contribution in [0.15, 0.2) is 0 Å². The number of aliphatic carboxylic acids is 1. The lowest BCUT2D eigenvalue weighted by Gasteiger charge is -2.20. The lowest BCUT2D eigenvalue weighted by molar-refractivity contribution is -0.142. The van der Waals surface area contributed by atoms with Crippen molar-refractivity contribution in [3.63, 3.8) is 0 Å². The van der Waals surface area contributed by atoms with E-state index in [1.807, 2.05) is 4.90 Å². The van der Waals surface area contributed by atoms with E-state index >= 15 is 0 Å². The Balaban J connectivity index is 2.04. The maximum Gasteiger partial charge on any atom is 0.321 e. The normalized spacial score (nSPS) is 23.9. The molecule has 2 atom stereocenters. The standard InChI is InChI=1S/C15H29NO3/c1-2-3-4-5-6-7-8-9-10-16-12-13(17)11-14(16)15(18)19/h13-14,17H,2-12H2,1H3,(H,18,19)/t13?,14-/m0/s1. The van der Waals surface area contributed by atoms with Crippen molar-refractivity contribution < 1.29 is 15.0 Å². The smallest absolute Gasteiger partial charge is 0.321 e. The van der Waals surface area contributed by atoms with Crippen LogP contribution in [0, 0.1) is 0 Å². The molecule has 1 fully saturated rings. The molecular weight excluding hydrogens is 242 g/mol. The third-order valence-electron chi connectivity index (χ3n) is 3.97. The second-order valence-electron chi connectivity index (χ2n) is 5.71. The quantitative estimate of drug-likeness (QED) is 0.600. The van der Waals surface area contributed by atoms with Crippen molar-refractivity contribution in [2.24, 2.45) is 0 Å². The molecule has 1 aliphatic heterocycles. The number of unbranched alkanes of at least 4 members (excludes halogenated alkanes) is 7. The molecule has 0 radical (unpaired) electrons. The number of rotatable bonds is 10. The Morgan fingerprint density at radius 3 is 2.26 bits per heavy atom. The van der Waals surface area contributed by atoms with Crippen LogP contribution < -0.4 is 0 Å². The average molecular weight is 271 g/mol. The molecule has 0 saturated carbocycles. The molecule has 1 aliphatic rings. The van der Waals surface area contributed by atoms with Crippen LogP contribution in [-0.2, 0) is 4.79 Å². The third kappa shape index (κ3) is 6.39. The molecular formula is C15H29NO3. The minimum Gasteiger partial charge on any atom is -0.480 e. The predicted octanol–water partition coefficient (Wildman–Crippen LogP) is 2.65. The van der Waals surface area contributed by atoms with Crippen molar-refractivity contribution in [1.82, 2.24) is 4.90 Å². The molecule has 0 bridgehead atoms. The molecule has 1 unspecified atom stereocenters. The summed E-state index contributed by atoms with van der Waals surface area (Å²) in [6.07, 6.45) is 9.98. The van der Waals surface area contributed by atoms with Gasteiger partial charge in [0.1, 0.15) is 6.04 Å². The molecule has 1 heterocycles. The molecule has 0 aromatic carbocycles. The van der Waals surface area contributed by atoms with Gasteiger partial charge >= 0.3 is 5.97 Å². The highest BCUT2D eigenvalue weighted by Gasteiger charge is 2.35. The summed E-state index contributed by atoms with van der Waals surface area (Å²) in [5, 5.41) is 18.6. The topological polar surface area (TPSA) is 60.8 Å². The molecule has 0 spiro atoms. The first-order valence-electron chi connectivity index (χ1n) is 7.80. The average Bonchev–Trinajstić information content (AvgIpc) is 2.74. The number of aliphatic hydroxyl groups is 1. The second kappa shape index (κ2) is 9.32. The van der Waals surface area contributed by atoms with Gasteiger partial charge in [0.05, 0.1) is 6.10 Å². The number of carbonyl (C=O) groups is 1. The summed E-state index contributed by atoms with van der Waals surface area (Å²) in [6, 6.07) is -0.473. The summed E-state index contributed by atoms with van der Waals surface area (Å²) in [6.45, 7) is 3.56. The number of carboxylic acid groups (broad SMARTS) is 1. The largest absolute Gasteiger partial charge is 0.480 e. The van der Waals surface area contributed by atoms with Gasteiger partial charge in [-0.1, -0.05) is 51.9 Å². The van der Waals surface area contributed by atoms with Crippen molar-refractivity contribution in [2.45, 2.75) is 76.9 Å². The fourth-order valence-corrected chi connectivity index (χ4v) is 2.83. The molecule has 0 amide bonds. The Morgan fingerprint density at radius 2 is 1.68 bits per heavy atom. The Kier molecular flexibility index (Phi) is 8.07. The third-order valence-corrected chi connectivity index (χ3v) is 3.97. The number of carboxylic acids is 1. The summed E-state index contributed by atoms with van der Waals surface area (Å²) in [7, 11) is 0. The van der Waals surface area contributed by atoms with Crippen molar-refractivity contribution in [3.05, 3.63) is 0 Å². The molecule has 2 N–H and O–H groups in total. The van der Waals surface area contributed by atoms with E-state index in [1.165, 1.54) is 44.9 Å². The molecule has 112 valence electrons. The van der Waals surface area contributed by atoms with E-state index in [1.54, 1.807) is 0 Å².